The molecule has 0 fully saturated rings. The highest BCUT2D eigenvalue weighted by atomic mass is 16.5. The zero-order valence-electron chi connectivity index (χ0n) is 9.21. The molecular weight excluding hydrogens is 202 g/mol. The largest absolute Gasteiger partial charge is 0.383 e. The Bertz CT molecular complexity index is 439. The monoisotopic (exact) mass is 217 g/mol. The van der Waals surface area contributed by atoms with Gasteiger partial charge in [-0.25, -0.2) is 4.68 Å². The smallest absolute Gasteiger partial charge is 0.0656 e. The lowest BCUT2D eigenvalue weighted by Crippen LogP contribution is -2.15. The Morgan fingerprint density at radius 1 is 1.38 bits per heavy atom. The maximum atomic E-state index is 5.92. The molecule has 1 unspecified atom stereocenters. The first-order valence-electron chi connectivity index (χ1n) is 5.16. The normalized spacial score (nSPS) is 12.6. The lowest BCUT2D eigenvalue weighted by molar-refractivity contribution is 0.181. The summed E-state index contributed by atoms with van der Waals surface area (Å²) in [5.41, 5.74) is 7.92. The highest BCUT2D eigenvalue weighted by Gasteiger charge is 2.08. The van der Waals surface area contributed by atoms with Gasteiger partial charge in [-0.05, 0) is 12.1 Å². The molecule has 0 aliphatic rings. The zero-order chi connectivity index (χ0) is 11.4. The van der Waals surface area contributed by atoms with Crippen molar-refractivity contribution in [1.29, 1.82) is 0 Å². The number of benzene rings is 1. The third-order valence-electron chi connectivity index (χ3n) is 2.40. The van der Waals surface area contributed by atoms with Crippen molar-refractivity contribution in [3.05, 3.63) is 48.3 Å². The van der Waals surface area contributed by atoms with Gasteiger partial charge in [-0.15, -0.1) is 0 Å². The van der Waals surface area contributed by atoms with Crippen LogP contribution in [0.4, 0.5) is 0 Å². The standard InChI is InChI=1S/C12H15N3O/c1-16-9-12(13)10-7-14-15(8-10)11-5-3-2-4-6-11/h2-8,12H,9,13H2,1H3. The van der Waals surface area contributed by atoms with E-state index < -0.39 is 0 Å². The van der Waals surface area contributed by atoms with Crippen molar-refractivity contribution < 1.29 is 4.74 Å². The molecule has 84 valence electrons. The van der Waals surface area contributed by atoms with E-state index in [1.54, 1.807) is 13.3 Å². The van der Waals surface area contributed by atoms with Crippen LogP contribution in [0.25, 0.3) is 5.69 Å². The quantitative estimate of drug-likeness (QED) is 0.844. The molecule has 4 nitrogen and oxygen atoms in total. The van der Waals surface area contributed by atoms with Crippen molar-refractivity contribution in [2.75, 3.05) is 13.7 Å². The minimum atomic E-state index is -0.123. The fraction of sp³-hybridized carbons (Fsp3) is 0.250. The predicted molar refractivity (Wildman–Crippen MR) is 62.4 cm³/mol. The van der Waals surface area contributed by atoms with E-state index in [9.17, 15) is 0 Å². The van der Waals surface area contributed by atoms with Crippen molar-refractivity contribution in [2.24, 2.45) is 5.73 Å². The number of rotatable bonds is 4. The number of para-hydroxylation sites is 1. The Morgan fingerprint density at radius 3 is 2.81 bits per heavy atom. The van der Waals surface area contributed by atoms with Crippen LogP contribution in [0, 0.1) is 0 Å². The van der Waals surface area contributed by atoms with Crippen molar-refractivity contribution in [2.45, 2.75) is 6.04 Å². The van der Waals surface area contributed by atoms with Gasteiger partial charge in [0.2, 0.25) is 0 Å². The second kappa shape index (κ2) is 4.92. The molecule has 0 bridgehead atoms. The predicted octanol–water partition coefficient (Wildman–Crippen LogP) is 1.52. The molecule has 1 aromatic heterocycles. The summed E-state index contributed by atoms with van der Waals surface area (Å²) in [7, 11) is 1.64. The molecule has 0 saturated carbocycles. The van der Waals surface area contributed by atoms with Gasteiger partial charge in [-0.3, -0.25) is 0 Å². The Hall–Kier alpha value is -1.65. The first-order valence-corrected chi connectivity index (χ1v) is 5.16. The van der Waals surface area contributed by atoms with Crippen LogP contribution in [0.1, 0.15) is 11.6 Å². The van der Waals surface area contributed by atoms with Crippen LogP contribution in [-0.4, -0.2) is 23.5 Å². The fourth-order valence-electron chi connectivity index (χ4n) is 1.53. The summed E-state index contributed by atoms with van der Waals surface area (Å²) in [5, 5.41) is 4.27. The van der Waals surface area contributed by atoms with Gasteiger partial charge in [0.1, 0.15) is 0 Å². The number of ether oxygens (including phenoxy) is 1. The van der Waals surface area contributed by atoms with E-state index >= 15 is 0 Å². The van der Waals surface area contributed by atoms with Crippen LogP contribution in [0.2, 0.25) is 0 Å². The molecule has 0 radical (unpaired) electrons. The Morgan fingerprint density at radius 2 is 2.12 bits per heavy atom. The van der Waals surface area contributed by atoms with Crippen LogP contribution in [-0.2, 0) is 4.74 Å². The molecular formula is C12H15N3O. The van der Waals surface area contributed by atoms with Gasteiger partial charge >= 0.3 is 0 Å². The van der Waals surface area contributed by atoms with Crippen LogP contribution < -0.4 is 5.73 Å². The van der Waals surface area contributed by atoms with Crippen LogP contribution in [0.15, 0.2) is 42.7 Å². The molecule has 4 heteroatoms. The molecule has 0 aliphatic heterocycles. The number of hydrogen-bond acceptors (Lipinski definition) is 3. The summed E-state index contributed by atoms with van der Waals surface area (Å²) in [4.78, 5) is 0. The summed E-state index contributed by atoms with van der Waals surface area (Å²) in [6, 6.07) is 9.81. The molecule has 0 aliphatic carbocycles. The topological polar surface area (TPSA) is 53.1 Å². The molecule has 1 heterocycles. The van der Waals surface area contributed by atoms with E-state index in [1.807, 2.05) is 41.2 Å². The van der Waals surface area contributed by atoms with Gasteiger partial charge in [0.05, 0.1) is 24.5 Å². The van der Waals surface area contributed by atoms with E-state index in [-0.39, 0.29) is 6.04 Å². The van der Waals surface area contributed by atoms with E-state index in [4.69, 9.17) is 10.5 Å². The number of methoxy groups -OCH3 is 1. The van der Waals surface area contributed by atoms with E-state index in [0.717, 1.165) is 11.3 Å². The van der Waals surface area contributed by atoms with Gasteiger partial charge in [-0.2, -0.15) is 5.10 Å². The number of nitrogens with zero attached hydrogens (tertiary/aromatic N) is 2. The minimum absolute atomic E-state index is 0.123. The average molecular weight is 217 g/mol. The summed E-state index contributed by atoms with van der Waals surface area (Å²) in [6.45, 7) is 0.500. The number of hydrogen-bond donors (Lipinski definition) is 1. The SMILES string of the molecule is COCC(N)c1cnn(-c2ccccc2)c1. The molecule has 0 spiro atoms. The second-order valence-corrected chi connectivity index (χ2v) is 3.62. The van der Waals surface area contributed by atoms with E-state index in [1.165, 1.54) is 0 Å². The molecule has 16 heavy (non-hydrogen) atoms. The first-order chi connectivity index (χ1) is 7.81. The molecule has 1 atom stereocenters. The Labute approximate surface area is 94.6 Å². The van der Waals surface area contributed by atoms with Crippen LogP contribution in [0.5, 0.6) is 0 Å². The average Bonchev–Trinajstić information content (AvgIpc) is 2.80. The molecule has 0 saturated heterocycles. The van der Waals surface area contributed by atoms with Crippen molar-refractivity contribution in [1.82, 2.24) is 9.78 Å². The number of nitrogens with two attached hydrogens (primary N) is 1. The molecule has 0 amide bonds. The zero-order valence-corrected chi connectivity index (χ0v) is 9.21. The third kappa shape index (κ3) is 2.29. The van der Waals surface area contributed by atoms with Gasteiger partial charge in [0.25, 0.3) is 0 Å². The molecule has 2 aromatic rings. The minimum Gasteiger partial charge on any atom is -0.383 e. The maximum Gasteiger partial charge on any atom is 0.0656 e. The van der Waals surface area contributed by atoms with E-state index in [2.05, 4.69) is 5.10 Å². The van der Waals surface area contributed by atoms with E-state index in [0.29, 0.717) is 6.61 Å². The van der Waals surface area contributed by atoms with Gasteiger partial charge in [-0.1, -0.05) is 18.2 Å². The number of aromatic nitrogens is 2. The Balaban J connectivity index is 2.20. The molecule has 1 aromatic carbocycles. The van der Waals surface area contributed by atoms with Gasteiger partial charge < -0.3 is 10.5 Å². The van der Waals surface area contributed by atoms with Gasteiger partial charge in [0.15, 0.2) is 0 Å². The highest BCUT2D eigenvalue weighted by molar-refractivity contribution is 5.31. The van der Waals surface area contributed by atoms with Gasteiger partial charge in [0, 0.05) is 18.9 Å². The lowest BCUT2D eigenvalue weighted by Gasteiger charge is -2.06. The fourth-order valence-corrected chi connectivity index (χ4v) is 1.53. The Kier molecular flexibility index (Phi) is 3.34. The summed E-state index contributed by atoms with van der Waals surface area (Å²) in [6.07, 6.45) is 3.70. The lowest BCUT2D eigenvalue weighted by atomic mass is 10.2. The van der Waals surface area contributed by atoms with Crippen molar-refractivity contribution in [3.63, 3.8) is 0 Å². The molecule has 2 N–H and O–H groups in total. The van der Waals surface area contributed by atoms with Crippen LogP contribution in [0.3, 0.4) is 0 Å². The summed E-state index contributed by atoms with van der Waals surface area (Å²) in [5.74, 6) is 0. The highest BCUT2D eigenvalue weighted by Crippen LogP contribution is 2.12. The summed E-state index contributed by atoms with van der Waals surface area (Å²) < 4.78 is 6.82. The van der Waals surface area contributed by atoms with Crippen molar-refractivity contribution >= 4 is 0 Å². The third-order valence-corrected chi connectivity index (χ3v) is 2.40. The second-order valence-electron chi connectivity index (χ2n) is 3.62. The summed E-state index contributed by atoms with van der Waals surface area (Å²) >= 11 is 0. The first kappa shape index (κ1) is 10.9. The maximum absolute atomic E-state index is 5.92. The van der Waals surface area contributed by atoms with Crippen molar-refractivity contribution in [3.8, 4) is 5.69 Å². The molecule has 2 rings (SSSR count). The van der Waals surface area contributed by atoms with Crippen LogP contribution >= 0.6 is 0 Å².